The smallest absolute Gasteiger partial charge is 0.196 e. The summed E-state index contributed by atoms with van der Waals surface area (Å²) in [6, 6.07) is 0.712. The highest BCUT2D eigenvalue weighted by molar-refractivity contribution is 5.27. The molecule has 0 atom stereocenters. The van der Waals surface area contributed by atoms with Crippen LogP contribution in [-0.2, 0) is 33.0 Å². The molecule has 114 valence electrons. The van der Waals surface area contributed by atoms with Gasteiger partial charge in [-0.25, -0.2) is 0 Å². The molecule has 0 aliphatic heterocycles. The second-order valence-corrected chi connectivity index (χ2v) is 5.59. The van der Waals surface area contributed by atoms with Crippen LogP contribution < -0.4 is 5.32 Å². The Morgan fingerprint density at radius 1 is 1.19 bits per heavy atom. The molecule has 0 amide bonds. The largest absolute Gasteiger partial charge is 0.310 e. The van der Waals surface area contributed by atoms with Crippen LogP contribution in [0.3, 0.4) is 0 Å². The lowest BCUT2D eigenvalue weighted by atomic mass is 10.1. The molecule has 0 spiro atoms. The summed E-state index contributed by atoms with van der Waals surface area (Å²) in [7, 11) is 1.78. The fourth-order valence-electron chi connectivity index (χ4n) is 2.66. The Morgan fingerprint density at radius 2 is 2.00 bits per heavy atom. The highest BCUT2D eigenvalue weighted by Gasteiger charge is 2.23. The number of tetrazole rings is 1. The molecule has 2 aromatic rings. The van der Waals surface area contributed by atoms with E-state index in [9.17, 15) is 0 Å². The van der Waals surface area contributed by atoms with E-state index in [0.717, 1.165) is 19.4 Å². The summed E-state index contributed by atoms with van der Waals surface area (Å²) in [5, 5.41) is 20.6. The summed E-state index contributed by atoms with van der Waals surface area (Å²) in [6.07, 6.45) is 4.53. The van der Waals surface area contributed by atoms with Gasteiger partial charge in [0.05, 0.1) is 12.7 Å². The van der Waals surface area contributed by atoms with Crippen LogP contribution in [0.15, 0.2) is 0 Å². The number of rotatable bonds is 7. The van der Waals surface area contributed by atoms with Gasteiger partial charge in [-0.3, -0.25) is 4.68 Å². The molecule has 1 N–H and O–H groups in total. The third-order valence-electron chi connectivity index (χ3n) is 3.91. The van der Waals surface area contributed by atoms with E-state index in [0.29, 0.717) is 18.4 Å². The maximum absolute atomic E-state index is 4.76. The number of hydrogen-bond acceptors (Lipinski definition) is 5. The zero-order valence-electron chi connectivity index (χ0n) is 13.0. The Kier molecular flexibility index (Phi) is 4.01. The maximum atomic E-state index is 4.76. The minimum absolute atomic E-state index is 0.591. The second kappa shape index (κ2) is 5.93. The first-order valence-electron chi connectivity index (χ1n) is 7.75. The van der Waals surface area contributed by atoms with Crippen molar-refractivity contribution in [1.29, 1.82) is 0 Å². The van der Waals surface area contributed by atoms with Gasteiger partial charge in [0.15, 0.2) is 5.82 Å². The number of nitrogens with one attached hydrogen (secondary N) is 1. The van der Waals surface area contributed by atoms with E-state index in [1.54, 1.807) is 7.05 Å². The van der Waals surface area contributed by atoms with Gasteiger partial charge in [0.2, 0.25) is 0 Å². The van der Waals surface area contributed by atoms with Crippen molar-refractivity contribution < 1.29 is 0 Å². The van der Waals surface area contributed by atoms with E-state index >= 15 is 0 Å². The SMILES string of the molecule is CCc1nn(Cc2nnn(C)n2)c(CC)c1CNC1CC1. The minimum atomic E-state index is 0.591. The van der Waals surface area contributed by atoms with Gasteiger partial charge in [-0.1, -0.05) is 13.8 Å². The summed E-state index contributed by atoms with van der Waals surface area (Å²) >= 11 is 0. The van der Waals surface area contributed by atoms with Crippen LogP contribution in [0.5, 0.6) is 0 Å². The zero-order valence-corrected chi connectivity index (χ0v) is 13.0. The Hall–Kier alpha value is -1.76. The predicted octanol–water partition coefficient (Wildman–Crippen LogP) is 0.832. The molecule has 1 saturated carbocycles. The Bertz CT molecular complexity index is 609. The standard InChI is InChI=1S/C14H23N7/c1-4-12-11(8-15-10-6-7-10)13(5-2)21(17-12)9-14-16-19-20(3)18-14/h10,15H,4-9H2,1-3H3. The molecule has 0 radical (unpaired) electrons. The molecular formula is C14H23N7. The Balaban J connectivity index is 1.84. The monoisotopic (exact) mass is 289 g/mol. The first-order valence-corrected chi connectivity index (χ1v) is 7.75. The van der Waals surface area contributed by atoms with Crippen molar-refractivity contribution in [1.82, 2.24) is 35.3 Å². The van der Waals surface area contributed by atoms with Crippen LogP contribution in [0.25, 0.3) is 0 Å². The van der Waals surface area contributed by atoms with Crippen LogP contribution in [0.2, 0.25) is 0 Å². The van der Waals surface area contributed by atoms with Crippen molar-refractivity contribution in [3.8, 4) is 0 Å². The van der Waals surface area contributed by atoms with Crippen molar-refractivity contribution in [3.05, 3.63) is 22.8 Å². The molecule has 7 nitrogen and oxygen atoms in total. The molecule has 21 heavy (non-hydrogen) atoms. The van der Waals surface area contributed by atoms with Crippen LogP contribution in [0.1, 0.15) is 49.5 Å². The molecule has 0 saturated heterocycles. The van der Waals surface area contributed by atoms with Crippen LogP contribution in [0.4, 0.5) is 0 Å². The van der Waals surface area contributed by atoms with Gasteiger partial charge < -0.3 is 5.32 Å². The number of nitrogens with zero attached hydrogens (tertiary/aromatic N) is 6. The van der Waals surface area contributed by atoms with Gasteiger partial charge >= 0.3 is 0 Å². The van der Waals surface area contributed by atoms with Gasteiger partial charge in [0.25, 0.3) is 0 Å². The third kappa shape index (κ3) is 3.12. The van der Waals surface area contributed by atoms with E-state index in [4.69, 9.17) is 5.10 Å². The van der Waals surface area contributed by atoms with E-state index in [1.807, 2.05) is 4.68 Å². The molecule has 3 rings (SSSR count). The van der Waals surface area contributed by atoms with Crippen molar-refractivity contribution >= 4 is 0 Å². The maximum Gasteiger partial charge on any atom is 0.196 e. The fraction of sp³-hybridized carbons (Fsp3) is 0.714. The Morgan fingerprint density at radius 3 is 2.57 bits per heavy atom. The van der Waals surface area contributed by atoms with Crippen LogP contribution in [0, 0.1) is 0 Å². The number of aromatic nitrogens is 6. The molecule has 0 unspecified atom stereocenters. The number of hydrogen-bond donors (Lipinski definition) is 1. The average Bonchev–Trinajstić information content (AvgIpc) is 3.13. The summed E-state index contributed by atoms with van der Waals surface area (Å²) in [4.78, 5) is 1.49. The molecule has 2 heterocycles. The quantitative estimate of drug-likeness (QED) is 0.817. The molecule has 7 heteroatoms. The number of aryl methyl sites for hydroxylation is 2. The fourth-order valence-corrected chi connectivity index (χ4v) is 2.66. The van der Waals surface area contributed by atoms with Crippen molar-refractivity contribution in [2.24, 2.45) is 7.05 Å². The van der Waals surface area contributed by atoms with Crippen molar-refractivity contribution in [2.45, 2.75) is 58.7 Å². The molecule has 1 fully saturated rings. The van der Waals surface area contributed by atoms with Crippen LogP contribution >= 0.6 is 0 Å². The minimum Gasteiger partial charge on any atom is -0.310 e. The topological polar surface area (TPSA) is 73.5 Å². The lowest BCUT2D eigenvalue weighted by molar-refractivity contribution is 0.600. The Labute approximate surface area is 124 Å². The third-order valence-corrected chi connectivity index (χ3v) is 3.91. The summed E-state index contributed by atoms with van der Waals surface area (Å²) in [5.41, 5.74) is 3.83. The molecular weight excluding hydrogens is 266 g/mol. The molecule has 0 bridgehead atoms. The molecule has 1 aliphatic carbocycles. The van der Waals surface area contributed by atoms with Crippen LogP contribution in [-0.4, -0.2) is 36.0 Å². The van der Waals surface area contributed by atoms with Gasteiger partial charge in [0.1, 0.15) is 6.54 Å². The van der Waals surface area contributed by atoms with Gasteiger partial charge in [-0.2, -0.15) is 9.90 Å². The van der Waals surface area contributed by atoms with E-state index in [1.165, 1.54) is 34.6 Å². The van der Waals surface area contributed by atoms with Gasteiger partial charge in [0, 0.05) is 23.8 Å². The second-order valence-electron chi connectivity index (χ2n) is 5.59. The molecule has 1 aliphatic rings. The van der Waals surface area contributed by atoms with E-state index in [-0.39, 0.29) is 0 Å². The normalized spacial score (nSPS) is 14.8. The van der Waals surface area contributed by atoms with Crippen molar-refractivity contribution in [2.75, 3.05) is 0 Å². The molecule has 2 aromatic heterocycles. The van der Waals surface area contributed by atoms with E-state index < -0.39 is 0 Å². The first kappa shape index (κ1) is 14.2. The highest BCUT2D eigenvalue weighted by atomic mass is 15.6. The average molecular weight is 289 g/mol. The summed E-state index contributed by atoms with van der Waals surface area (Å²) in [5.74, 6) is 0.707. The van der Waals surface area contributed by atoms with E-state index in [2.05, 4.69) is 34.6 Å². The first-order chi connectivity index (χ1) is 10.2. The summed E-state index contributed by atoms with van der Waals surface area (Å²) in [6.45, 7) is 5.85. The van der Waals surface area contributed by atoms with Gasteiger partial charge in [-0.15, -0.1) is 10.2 Å². The highest BCUT2D eigenvalue weighted by Crippen LogP contribution is 2.22. The predicted molar refractivity (Wildman–Crippen MR) is 78.7 cm³/mol. The van der Waals surface area contributed by atoms with Gasteiger partial charge in [-0.05, 0) is 30.9 Å². The van der Waals surface area contributed by atoms with Crippen molar-refractivity contribution in [3.63, 3.8) is 0 Å². The zero-order chi connectivity index (χ0) is 14.8. The summed E-state index contributed by atoms with van der Waals surface area (Å²) < 4.78 is 2.04. The molecule has 0 aromatic carbocycles. The lowest BCUT2D eigenvalue weighted by Gasteiger charge is -2.07. The lowest BCUT2D eigenvalue weighted by Crippen LogP contribution is -2.17.